The molecule has 0 fully saturated rings. The predicted octanol–water partition coefficient (Wildman–Crippen LogP) is 12.0. The van der Waals surface area contributed by atoms with Gasteiger partial charge in [0, 0.05) is 65.4 Å². The molecule has 0 N–H and O–H groups in total. The highest BCUT2D eigenvalue weighted by molar-refractivity contribution is 7.26. The van der Waals surface area contributed by atoms with Gasteiger partial charge in [0.1, 0.15) is 0 Å². The van der Waals surface area contributed by atoms with Crippen molar-refractivity contribution in [3.05, 3.63) is 164 Å². The lowest BCUT2D eigenvalue weighted by Crippen LogP contribution is -2.03. The highest BCUT2D eigenvalue weighted by Gasteiger charge is 2.24. The first-order valence-corrected chi connectivity index (χ1v) is 18.1. The van der Waals surface area contributed by atoms with Crippen LogP contribution in [0.2, 0.25) is 0 Å². The molecule has 4 heterocycles. The highest BCUT2D eigenvalue weighted by Crippen LogP contribution is 2.48. The van der Waals surface area contributed by atoms with Gasteiger partial charge in [0.2, 0.25) is 0 Å². The third-order valence-corrected chi connectivity index (χ3v) is 11.4. The van der Waals surface area contributed by atoms with Crippen LogP contribution in [0.3, 0.4) is 0 Å². The minimum atomic E-state index is 0.698. The molecule has 0 aliphatic rings. The summed E-state index contributed by atoms with van der Waals surface area (Å²) in [5.41, 5.74) is 7.13. The average molecular weight is 682 g/mol. The molecule has 52 heavy (non-hydrogen) atoms. The molecule has 0 radical (unpaired) electrons. The monoisotopic (exact) mass is 681 g/mol. The molecule has 7 aromatic carbocycles. The SMILES string of the molecule is c1ccc(-c2ncc(-n3c4ccc5c6cc(-c7ncccn7)ccc6sc5c4c4c5ccccc5c5ccccc5c43)c(-c3ccccc3)n2)cc1. The molecule has 242 valence electrons. The van der Waals surface area contributed by atoms with Gasteiger partial charge in [0.05, 0.1) is 28.6 Å². The van der Waals surface area contributed by atoms with Gasteiger partial charge in [-0.25, -0.2) is 19.9 Å². The summed E-state index contributed by atoms with van der Waals surface area (Å²) in [4.78, 5) is 19.5. The van der Waals surface area contributed by atoms with E-state index in [1.807, 2.05) is 41.8 Å². The van der Waals surface area contributed by atoms with Gasteiger partial charge in [0.25, 0.3) is 0 Å². The summed E-state index contributed by atoms with van der Waals surface area (Å²) in [5, 5.41) is 9.78. The number of hydrogen-bond donors (Lipinski definition) is 0. The molecule has 6 heteroatoms. The van der Waals surface area contributed by atoms with E-state index in [-0.39, 0.29) is 0 Å². The average Bonchev–Trinajstić information content (AvgIpc) is 3.78. The Morgan fingerprint density at radius 2 is 1.13 bits per heavy atom. The topological polar surface area (TPSA) is 56.5 Å². The van der Waals surface area contributed by atoms with E-state index in [1.54, 1.807) is 12.4 Å². The predicted molar refractivity (Wildman–Crippen MR) is 216 cm³/mol. The second-order valence-corrected chi connectivity index (χ2v) is 14.1. The van der Waals surface area contributed by atoms with Crippen LogP contribution in [0.25, 0.3) is 103 Å². The molecule has 0 atom stereocenters. The van der Waals surface area contributed by atoms with Crippen LogP contribution in [-0.2, 0) is 0 Å². The molecule has 11 aromatic rings. The molecule has 0 saturated carbocycles. The van der Waals surface area contributed by atoms with Gasteiger partial charge in [-0.15, -0.1) is 11.3 Å². The van der Waals surface area contributed by atoms with Gasteiger partial charge in [-0.3, -0.25) is 0 Å². The van der Waals surface area contributed by atoms with Crippen molar-refractivity contribution in [3.63, 3.8) is 0 Å². The number of fused-ring (bicyclic) bond motifs is 12. The largest absolute Gasteiger partial charge is 0.305 e. The van der Waals surface area contributed by atoms with Crippen LogP contribution >= 0.6 is 11.3 Å². The summed E-state index contributed by atoms with van der Waals surface area (Å²) in [6.07, 6.45) is 5.61. The smallest absolute Gasteiger partial charge is 0.159 e. The standard InChI is InChI=1S/C46H27N5S/c1-3-12-28(13-4-1)42-38(27-49-46(50-42)29-14-5-2-6-15-29)51-37-22-21-35-36-26-30(45-47-24-11-25-48-45)20-23-39(36)52-44(35)41(37)40-33-18-9-7-16-31(33)32-17-8-10-19-34(32)43(40)51/h1-27H. The first kappa shape index (κ1) is 29.0. The zero-order valence-corrected chi connectivity index (χ0v) is 28.5. The van der Waals surface area contributed by atoms with Crippen molar-refractivity contribution >= 4 is 74.9 Å². The number of rotatable bonds is 4. The van der Waals surface area contributed by atoms with Gasteiger partial charge in [-0.2, -0.15) is 0 Å². The first-order chi connectivity index (χ1) is 25.8. The van der Waals surface area contributed by atoms with Crippen LogP contribution < -0.4 is 0 Å². The lowest BCUT2D eigenvalue weighted by molar-refractivity contribution is 1.09. The van der Waals surface area contributed by atoms with Crippen molar-refractivity contribution in [1.82, 2.24) is 24.5 Å². The Morgan fingerprint density at radius 3 is 1.90 bits per heavy atom. The number of benzene rings is 7. The van der Waals surface area contributed by atoms with Crippen molar-refractivity contribution in [3.8, 4) is 39.7 Å². The second-order valence-electron chi connectivity index (χ2n) is 13.0. The minimum Gasteiger partial charge on any atom is -0.305 e. The van der Waals surface area contributed by atoms with Crippen molar-refractivity contribution < 1.29 is 0 Å². The van der Waals surface area contributed by atoms with E-state index in [0.717, 1.165) is 44.9 Å². The Bertz CT molecular complexity index is 3170. The van der Waals surface area contributed by atoms with Gasteiger partial charge in [-0.1, -0.05) is 115 Å². The zero-order chi connectivity index (χ0) is 34.2. The van der Waals surface area contributed by atoms with Crippen molar-refractivity contribution in [2.24, 2.45) is 0 Å². The Morgan fingerprint density at radius 1 is 0.462 bits per heavy atom. The Labute approximate surface area is 302 Å². The molecule has 0 aliphatic carbocycles. The molecule has 5 nitrogen and oxygen atoms in total. The summed E-state index contributed by atoms with van der Waals surface area (Å²) < 4.78 is 4.91. The molecule has 0 amide bonds. The fourth-order valence-corrected chi connectivity index (χ4v) is 9.13. The lowest BCUT2D eigenvalue weighted by Gasteiger charge is -2.16. The number of thiophene rings is 1. The summed E-state index contributed by atoms with van der Waals surface area (Å²) in [5.74, 6) is 1.43. The molecule has 0 saturated heterocycles. The zero-order valence-electron chi connectivity index (χ0n) is 27.7. The van der Waals surface area contributed by atoms with E-state index in [9.17, 15) is 0 Å². The molecular formula is C46H27N5S. The van der Waals surface area contributed by atoms with Crippen molar-refractivity contribution in [2.45, 2.75) is 0 Å². The van der Waals surface area contributed by atoms with Crippen molar-refractivity contribution in [1.29, 1.82) is 0 Å². The maximum atomic E-state index is 5.32. The Kier molecular flexibility index (Phi) is 6.35. The van der Waals surface area contributed by atoms with Crippen LogP contribution in [0.4, 0.5) is 0 Å². The van der Waals surface area contributed by atoms with Gasteiger partial charge < -0.3 is 4.57 Å². The minimum absolute atomic E-state index is 0.698. The molecule has 0 bridgehead atoms. The number of hydrogen-bond acceptors (Lipinski definition) is 5. The highest BCUT2D eigenvalue weighted by atomic mass is 32.1. The molecule has 11 rings (SSSR count). The van der Waals surface area contributed by atoms with E-state index in [4.69, 9.17) is 9.97 Å². The maximum Gasteiger partial charge on any atom is 0.159 e. The van der Waals surface area contributed by atoms with Crippen LogP contribution in [-0.4, -0.2) is 24.5 Å². The van der Waals surface area contributed by atoms with E-state index in [0.29, 0.717) is 5.82 Å². The molecule has 0 spiro atoms. The number of nitrogens with zero attached hydrogens (tertiary/aromatic N) is 5. The second kappa shape index (κ2) is 11.4. The van der Waals surface area contributed by atoms with Crippen LogP contribution in [0.5, 0.6) is 0 Å². The van der Waals surface area contributed by atoms with Gasteiger partial charge in [0.15, 0.2) is 11.6 Å². The molecule has 0 aliphatic heterocycles. The fourth-order valence-electron chi connectivity index (χ4n) is 7.90. The maximum absolute atomic E-state index is 5.32. The summed E-state index contributed by atoms with van der Waals surface area (Å²) in [6, 6.07) is 51.3. The van der Waals surface area contributed by atoms with Crippen molar-refractivity contribution in [2.75, 3.05) is 0 Å². The van der Waals surface area contributed by atoms with E-state index in [2.05, 4.69) is 136 Å². The third kappa shape index (κ3) is 4.28. The fraction of sp³-hybridized carbons (Fsp3) is 0. The quantitative estimate of drug-likeness (QED) is 0.174. The summed E-state index contributed by atoms with van der Waals surface area (Å²) in [6.45, 7) is 0. The number of aromatic nitrogens is 5. The Hall–Kier alpha value is -6.76. The Balaban J connectivity index is 1.32. The van der Waals surface area contributed by atoms with E-state index >= 15 is 0 Å². The van der Waals surface area contributed by atoms with E-state index < -0.39 is 0 Å². The van der Waals surface area contributed by atoms with Gasteiger partial charge in [-0.05, 0) is 46.5 Å². The summed E-state index contributed by atoms with van der Waals surface area (Å²) in [7, 11) is 0. The van der Waals surface area contributed by atoms with Crippen LogP contribution in [0.15, 0.2) is 164 Å². The van der Waals surface area contributed by atoms with Gasteiger partial charge >= 0.3 is 0 Å². The first-order valence-electron chi connectivity index (χ1n) is 17.3. The van der Waals surface area contributed by atoms with E-state index in [1.165, 1.54) is 52.5 Å². The third-order valence-electron chi connectivity index (χ3n) is 10.2. The van der Waals surface area contributed by atoms with Crippen LogP contribution in [0, 0.1) is 0 Å². The molecular weight excluding hydrogens is 655 g/mol. The normalized spacial score (nSPS) is 11.8. The summed E-state index contributed by atoms with van der Waals surface area (Å²) >= 11 is 1.85. The molecule has 4 aromatic heterocycles. The lowest BCUT2D eigenvalue weighted by atomic mass is 9.96. The van der Waals surface area contributed by atoms with Crippen LogP contribution in [0.1, 0.15) is 0 Å². The molecule has 0 unspecified atom stereocenters.